The Bertz CT molecular complexity index is 648. The number of nitrogens with one attached hydrogen (secondary N) is 1. The zero-order valence-electron chi connectivity index (χ0n) is 12.1. The summed E-state index contributed by atoms with van der Waals surface area (Å²) < 4.78 is 27.3. The van der Waals surface area contributed by atoms with Gasteiger partial charge in [-0.3, -0.25) is 0 Å². The van der Waals surface area contributed by atoms with Crippen molar-refractivity contribution in [3.8, 4) is 10.6 Å². The van der Waals surface area contributed by atoms with Crippen molar-refractivity contribution in [2.45, 2.75) is 45.2 Å². The number of nitrogens with zero attached hydrogens (tertiary/aromatic N) is 1. The Kier molecular flexibility index (Phi) is 4.04. The first-order valence-electron chi connectivity index (χ1n) is 7.23. The van der Waals surface area contributed by atoms with E-state index in [0.29, 0.717) is 11.0 Å². The van der Waals surface area contributed by atoms with E-state index in [1.165, 1.54) is 30.2 Å². The molecular formula is C16H18F2N2S. The van der Waals surface area contributed by atoms with Gasteiger partial charge in [0.15, 0.2) is 0 Å². The van der Waals surface area contributed by atoms with Crippen LogP contribution in [0.2, 0.25) is 0 Å². The van der Waals surface area contributed by atoms with Crippen LogP contribution in [-0.2, 0) is 6.54 Å². The molecule has 5 heteroatoms. The van der Waals surface area contributed by atoms with E-state index in [1.807, 2.05) is 0 Å². The van der Waals surface area contributed by atoms with Crippen LogP contribution in [0.1, 0.15) is 43.2 Å². The van der Waals surface area contributed by atoms with Crippen LogP contribution in [0.15, 0.2) is 18.2 Å². The molecule has 0 spiro atoms. The van der Waals surface area contributed by atoms with Gasteiger partial charge in [-0.15, -0.1) is 11.3 Å². The van der Waals surface area contributed by atoms with Crippen LogP contribution in [0.5, 0.6) is 0 Å². The lowest BCUT2D eigenvalue weighted by Crippen LogP contribution is -2.15. The van der Waals surface area contributed by atoms with E-state index in [0.717, 1.165) is 29.2 Å². The van der Waals surface area contributed by atoms with Gasteiger partial charge in [-0.1, -0.05) is 13.8 Å². The monoisotopic (exact) mass is 308 g/mol. The molecule has 0 amide bonds. The van der Waals surface area contributed by atoms with Gasteiger partial charge >= 0.3 is 0 Å². The van der Waals surface area contributed by atoms with E-state index in [-0.39, 0.29) is 11.5 Å². The van der Waals surface area contributed by atoms with E-state index >= 15 is 0 Å². The maximum atomic E-state index is 13.9. The van der Waals surface area contributed by atoms with E-state index in [1.54, 1.807) is 0 Å². The van der Waals surface area contributed by atoms with Crippen LogP contribution in [0.4, 0.5) is 8.78 Å². The van der Waals surface area contributed by atoms with Gasteiger partial charge in [-0.2, -0.15) is 0 Å². The van der Waals surface area contributed by atoms with Crippen molar-refractivity contribution in [1.82, 2.24) is 10.3 Å². The molecule has 0 bridgehead atoms. The van der Waals surface area contributed by atoms with Crippen molar-refractivity contribution >= 4 is 11.3 Å². The molecule has 3 rings (SSSR count). The van der Waals surface area contributed by atoms with Gasteiger partial charge in [-0.05, 0) is 37.0 Å². The number of benzene rings is 1. The highest BCUT2D eigenvalue weighted by Gasteiger charge is 2.23. The molecule has 1 aliphatic rings. The topological polar surface area (TPSA) is 24.9 Å². The fourth-order valence-electron chi connectivity index (χ4n) is 2.24. The SMILES string of the molecule is CC(C)c1nc(-c2cc(F)ccc2F)sc1CNC1CC1. The second kappa shape index (κ2) is 5.81. The summed E-state index contributed by atoms with van der Waals surface area (Å²) in [5, 5.41) is 4.02. The molecule has 21 heavy (non-hydrogen) atoms. The zero-order chi connectivity index (χ0) is 15.0. The van der Waals surface area contributed by atoms with Gasteiger partial charge in [0.2, 0.25) is 0 Å². The third-order valence-corrected chi connectivity index (χ3v) is 4.67. The van der Waals surface area contributed by atoms with Crippen molar-refractivity contribution in [2.24, 2.45) is 0 Å². The van der Waals surface area contributed by atoms with Gasteiger partial charge in [-0.25, -0.2) is 13.8 Å². The molecule has 1 aromatic carbocycles. The molecule has 1 aliphatic carbocycles. The van der Waals surface area contributed by atoms with E-state index in [4.69, 9.17) is 0 Å². The Balaban J connectivity index is 1.94. The average Bonchev–Trinajstić information content (AvgIpc) is 3.17. The van der Waals surface area contributed by atoms with Gasteiger partial charge in [0, 0.05) is 23.0 Å². The molecule has 0 saturated heterocycles. The second-order valence-corrected chi connectivity index (χ2v) is 6.85. The van der Waals surface area contributed by atoms with Gasteiger partial charge in [0.1, 0.15) is 16.6 Å². The van der Waals surface area contributed by atoms with Crippen LogP contribution in [-0.4, -0.2) is 11.0 Å². The molecule has 0 unspecified atom stereocenters. The summed E-state index contributed by atoms with van der Waals surface area (Å²) in [7, 11) is 0. The fourth-order valence-corrected chi connectivity index (χ4v) is 3.43. The minimum Gasteiger partial charge on any atom is -0.309 e. The molecular weight excluding hydrogens is 290 g/mol. The Morgan fingerprint density at radius 1 is 1.33 bits per heavy atom. The smallest absolute Gasteiger partial charge is 0.133 e. The van der Waals surface area contributed by atoms with Gasteiger partial charge in [0.25, 0.3) is 0 Å². The van der Waals surface area contributed by atoms with Crippen LogP contribution in [0.25, 0.3) is 10.6 Å². The molecule has 0 atom stereocenters. The highest BCUT2D eigenvalue weighted by atomic mass is 32.1. The second-order valence-electron chi connectivity index (χ2n) is 5.76. The summed E-state index contributed by atoms with van der Waals surface area (Å²) in [5.41, 5.74) is 1.23. The third-order valence-electron chi connectivity index (χ3n) is 3.56. The molecule has 1 aromatic heterocycles. The standard InChI is InChI=1S/C16H18F2N2S/c1-9(2)15-14(8-19-11-4-5-11)21-16(20-15)12-7-10(17)3-6-13(12)18/h3,6-7,9,11,19H,4-5,8H2,1-2H3. The number of rotatable bonds is 5. The molecule has 2 nitrogen and oxygen atoms in total. The highest BCUT2D eigenvalue weighted by molar-refractivity contribution is 7.15. The van der Waals surface area contributed by atoms with E-state index in [9.17, 15) is 8.78 Å². The maximum Gasteiger partial charge on any atom is 0.133 e. The first kappa shape index (κ1) is 14.6. The number of hydrogen-bond donors (Lipinski definition) is 1. The predicted octanol–water partition coefficient (Wildman–Crippen LogP) is 4.46. The maximum absolute atomic E-state index is 13.9. The summed E-state index contributed by atoms with van der Waals surface area (Å²) in [6.07, 6.45) is 2.45. The number of thiazole rings is 1. The lowest BCUT2D eigenvalue weighted by molar-refractivity contribution is 0.603. The minimum absolute atomic E-state index is 0.250. The molecule has 0 aliphatic heterocycles. The molecule has 1 fully saturated rings. The lowest BCUT2D eigenvalue weighted by Gasteiger charge is -2.05. The molecule has 2 aromatic rings. The van der Waals surface area contributed by atoms with Crippen LogP contribution < -0.4 is 5.32 Å². The van der Waals surface area contributed by atoms with Gasteiger partial charge in [0.05, 0.1) is 5.69 Å². The zero-order valence-corrected chi connectivity index (χ0v) is 12.9. The Morgan fingerprint density at radius 3 is 2.76 bits per heavy atom. The summed E-state index contributed by atoms with van der Waals surface area (Å²) in [4.78, 5) is 5.67. The van der Waals surface area contributed by atoms with Crippen molar-refractivity contribution in [3.63, 3.8) is 0 Å². The van der Waals surface area contributed by atoms with Crippen molar-refractivity contribution < 1.29 is 8.78 Å². The highest BCUT2D eigenvalue weighted by Crippen LogP contribution is 2.34. The molecule has 0 radical (unpaired) electrons. The molecule has 1 N–H and O–H groups in total. The number of aromatic nitrogens is 1. The first-order chi connectivity index (χ1) is 10.0. The quantitative estimate of drug-likeness (QED) is 0.882. The predicted molar refractivity (Wildman–Crippen MR) is 81.4 cm³/mol. The van der Waals surface area contributed by atoms with Crippen LogP contribution in [0, 0.1) is 11.6 Å². The minimum atomic E-state index is -0.439. The largest absolute Gasteiger partial charge is 0.309 e. The summed E-state index contributed by atoms with van der Waals surface area (Å²) in [6, 6.07) is 4.12. The van der Waals surface area contributed by atoms with Crippen molar-refractivity contribution in [2.75, 3.05) is 0 Å². The lowest BCUT2D eigenvalue weighted by atomic mass is 10.1. The van der Waals surface area contributed by atoms with Gasteiger partial charge < -0.3 is 5.32 Å². The Hall–Kier alpha value is -1.33. The van der Waals surface area contributed by atoms with E-state index in [2.05, 4.69) is 24.1 Å². The van der Waals surface area contributed by atoms with Crippen LogP contribution >= 0.6 is 11.3 Å². The molecule has 1 saturated carbocycles. The number of hydrogen-bond acceptors (Lipinski definition) is 3. The summed E-state index contributed by atoms with van der Waals surface area (Å²) in [6.45, 7) is 4.90. The summed E-state index contributed by atoms with van der Waals surface area (Å²) in [5.74, 6) is -0.602. The molecule has 1 heterocycles. The number of halogens is 2. The van der Waals surface area contributed by atoms with Crippen molar-refractivity contribution in [3.05, 3.63) is 40.4 Å². The van der Waals surface area contributed by atoms with E-state index < -0.39 is 11.6 Å². The third kappa shape index (κ3) is 3.30. The summed E-state index contributed by atoms with van der Waals surface area (Å²) >= 11 is 1.45. The first-order valence-corrected chi connectivity index (χ1v) is 8.04. The normalized spacial score (nSPS) is 14.9. The average molecular weight is 308 g/mol. The Morgan fingerprint density at radius 2 is 2.10 bits per heavy atom. The van der Waals surface area contributed by atoms with Crippen LogP contribution in [0.3, 0.4) is 0 Å². The van der Waals surface area contributed by atoms with Crippen molar-refractivity contribution in [1.29, 1.82) is 0 Å². The Labute approximate surface area is 127 Å². The molecule has 112 valence electrons. The fraction of sp³-hybridized carbons (Fsp3) is 0.438.